The second-order valence-corrected chi connectivity index (χ2v) is 3.72. The van der Waals surface area contributed by atoms with E-state index in [9.17, 15) is 0 Å². The lowest BCUT2D eigenvalue weighted by molar-refractivity contribution is 0.341. The van der Waals surface area contributed by atoms with Crippen LogP contribution in [0.1, 0.15) is 31.6 Å². The molecule has 1 aliphatic rings. The molecule has 0 bridgehead atoms. The first-order chi connectivity index (χ1) is 6.70. The van der Waals surface area contributed by atoms with Gasteiger partial charge in [0.05, 0.1) is 11.9 Å². The molecule has 1 atom stereocenters. The van der Waals surface area contributed by atoms with Gasteiger partial charge in [-0.25, -0.2) is 0 Å². The van der Waals surface area contributed by atoms with Gasteiger partial charge in [0.15, 0.2) is 5.82 Å². The largest absolute Gasteiger partial charge is 0.351 e. The molecule has 1 saturated heterocycles. The van der Waals surface area contributed by atoms with Gasteiger partial charge in [0, 0.05) is 20.0 Å². The molecule has 1 N–H and O–H groups in total. The fourth-order valence-electron chi connectivity index (χ4n) is 1.93. The van der Waals surface area contributed by atoms with E-state index in [4.69, 9.17) is 5.41 Å². The van der Waals surface area contributed by atoms with Gasteiger partial charge in [0.2, 0.25) is 0 Å². The molecule has 1 aromatic rings. The number of nitrogens with one attached hydrogen (secondary N) is 1. The van der Waals surface area contributed by atoms with Crippen LogP contribution >= 0.6 is 0 Å². The van der Waals surface area contributed by atoms with Crippen molar-refractivity contribution in [1.82, 2.24) is 19.7 Å². The van der Waals surface area contributed by atoms with E-state index in [0.29, 0.717) is 0 Å². The predicted molar refractivity (Wildman–Crippen MR) is 53.1 cm³/mol. The van der Waals surface area contributed by atoms with Crippen molar-refractivity contribution in [2.75, 3.05) is 6.54 Å². The first kappa shape index (κ1) is 9.18. The Bertz CT molecular complexity index is 343. The van der Waals surface area contributed by atoms with Crippen LogP contribution in [0.3, 0.4) is 0 Å². The van der Waals surface area contributed by atoms with Crippen LogP contribution in [0.25, 0.3) is 0 Å². The zero-order chi connectivity index (χ0) is 10.1. The molecule has 0 aliphatic carbocycles. The monoisotopic (exact) mass is 193 g/mol. The molecule has 0 saturated carbocycles. The predicted octanol–water partition coefficient (Wildman–Crippen LogP) is 0.949. The molecule has 5 nitrogen and oxygen atoms in total. The van der Waals surface area contributed by atoms with Crippen molar-refractivity contribution in [3.05, 3.63) is 12.2 Å². The average molecular weight is 193 g/mol. The Morgan fingerprint density at radius 1 is 1.57 bits per heavy atom. The fraction of sp³-hybridized carbons (Fsp3) is 0.667. The first-order valence-corrected chi connectivity index (χ1v) is 4.88. The molecule has 0 spiro atoms. The van der Waals surface area contributed by atoms with Crippen molar-refractivity contribution in [1.29, 1.82) is 5.41 Å². The van der Waals surface area contributed by atoms with Gasteiger partial charge in [-0.3, -0.25) is 5.41 Å². The van der Waals surface area contributed by atoms with E-state index in [2.05, 4.69) is 22.0 Å². The molecule has 0 aromatic carbocycles. The maximum absolute atomic E-state index is 7.78. The number of rotatable bonds is 2. The Kier molecular flexibility index (Phi) is 2.23. The Balaban J connectivity index is 2.19. The van der Waals surface area contributed by atoms with Crippen molar-refractivity contribution in [3.63, 3.8) is 0 Å². The van der Waals surface area contributed by atoms with Crippen LogP contribution in [-0.4, -0.2) is 32.0 Å². The molecule has 5 heteroatoms. The summed E-state index contributed by atoms with van der Waals surface area (Å²) in [5, 5.41) is 15.7. The van der Waals surface area contributed by atoms with Gasteiger partial charge in [-0.15, -0.1) is 10.2 Å². The Labute approximate surface area is 83.3 Å². The summed E-state index contributed by atoms with van der Waals surface area (Å²) in [5.74, 6) is 1.65. The van der Waals surface area contributed by atoms with Crippen molar-refractivity contribution in [2.24, 2.45) is 7.05 Å². The number of amidine groups is 1. The summed E-state index contributed by atoms with van der Waals surface area (Å²) < 4.78 is 1.91. The Morgan fingerprint density at radius 2 is 2.36 bits per heavy atom. The molecular formula is C9H15N5. The summed E-state index contributed by atoms with van der Waals surface area (Å²) in [6.07, 6.45) is 3.68. The normalized spacial score (nSPS) is 19.0. The molecule has 14 heavy (non-hydrogen) atoms. The summed E-state index contributed by atoms with van der Waals surface area (Å²) in [6.45, 7) is 3.04. The second-order valence-electron chi connectivity index (χ2n) is 3.72. The minimum Gasteiger partial charge on any atom is -0.351 e. The number of hydrogen-bond donors (Lipinski definition) is 1. The van der Waals surface area contributed by atoms with E-state index in [-0.39, 0.29) is 6.04 Å². The van der Waals surface area contributed by atoms with Gasteiger partial charge in [0.25, 0.3) is 0 Å². The van der Waals surface area contributed by atoms with Gasteiger partial charge >= 0.3 is 0 Å². The first-order valence-electron chi connectivity index (χ1n) is 4.88. The van der Waals surface area contributed by atoms with Crippen LogP contribution < -0.4 is 0 Å². The number of likely N-dealkylation sites (tertiary alicyclic amines) is 1. The highest BCUT2D eigenvalue weighted by Gasteiger charge is 2.25. The third kappa shape index (κ3) is 1.38. The topological polar surface area (TPSA) is 57.8 Å². The number of aromatic nitrogens is 3. The lowest BCUT2D eigenvalue weighted by Gasteiger charge is -2.24. The van der Waals surface area contributed by atoms with Gasteiger partial charge in [-0.05, 0) is 13.3 Å². The van der Waals surface area contributed by atoms with Crippen LogP contribution in [0.2, 0.25) is 0 Å². The van der Waals surface area contributed by atoms with Gasteiger partial charge < -0.3 is 9.47 Å². The lowest BCUT2D eigenvalue weighted by atomic mass is 10.3. The van der Waals surface area contributed by atoms with Crippen molar-refractivity contribution >= 4 is 5.84 Å². The third-order valence-electron chi connectivity index (χ3n) is 2.75. The molecule has 1 fully saturated rings. The summed E-state index contributed by atoms with van der Waals surface area (Å²) in [4.78, 5) is 2.09. The Hall–Kier alpha value is -1.39. The zero-order valence-corrected chi connectivity index (χ0v) is 8.56. The third-order valence-corrected chi connectivity index (χ3v) is 2.75. The van der Waals surface area contributed by atoms with E-state index < -0.39 is 0 Å². The van der Waals surface area contributed by atoms with Crippen molar-refractivity contribution in [2.45, 2.75) is 25.8 Å². The standard InChI is InChI=1S/C9H15N5/c1-7(9-12-11-6-13(9)2)14-5-3-4-8(14)10/h6-7,10H,3-5H2,1-2H3. The summed E-state index contributed by atoms with van der Waals surface area (Å²) in [6, 6.07) is 0.164. The van der Waals surface area contributed by atoms with E-state index in [1.54, 1.807) is 6.33 Å². The summed E-state index contributed by atoms with van der Waals surface area (Å²) >= 11 is 0. The molecule has 2 rings (SSSR count). The second kappa shape index (κ2) is 3.40. The van der Waals surface area contributed by atoms with Crippen molar-refractivity contribution in [3.8, 4) is 0 Å². The number of aryl methyl sites for hydroxylation is 1. The highest BCUT2D eigenvalue weighted by molar-refractivity contribution is 5.81. The van der Waals surface area contributed by atoms with Gasteiger partial charge in [0.1, 0.15) is 6.33 Å². The molecule has 1 aromatic heterocycles. The minimum absolute atomic E-state index is 0.164. The summed E-state index contributed by atoms with van der Waals surface area (Å²) in [5.41, 5.74) is 0. The van der Waals surface area contributed by atoms with Gasteiger partial charge in [-0.2, -0.15) is 0 Å². The minimum atomic E-state index is 0.164. The van der Waals surface area contributed by atoms with E-state index in [1.807, 2.05) is 11.6 Å². The smallest absolute Gasteiger partial charge is 0.155 e. The van der Waals surface area contributed by atoms with Crippen LogP contribution in [0.15, 0.2) is 6.33 Å². The lowest BCUT2D eigenvalue weighted by Crippen LogP contribution is -2.29. The van der Waals surface area contributed by atoms with Crippen LogP contribution in [0, 0.1) is 5.41 Å². The van der Waals surface area contributed by atoms with Gasteiger partial charge in [-0.1, -0.05) is 0 Å². The number of nitrogens with zero attached hydrogens (tertiary/aromatic N) is 4. The fourth-order valence-corrected chi connectivity index (χ4v) is 1.93. The molecular weight excluding hydrogens is 178 g/mol. The molecule has 1 unspecified atom stereocenters. The van der Waals surface area contributed by atoms with E-state index in [0.717, 1.165) is 31.0 Å². The molecule has 76 valence electrons. The van der Waals surface area contributed by atoms with Crippen LogP contribution in [0.4, 0.5) is 0 Å². The quantitative estimate of drug-likeness (QED) is 0.760. The van der Waals surface area contributed by atoms with Crippen molar-refractivity contribution < 1.29 is 0 Å². The highest BCUT2D eigenvalue weighted by atomic mass is 15.3. The SMILES string of the molecule is CC(c1nncn1C)N1CCCC1=N. The molecule has 0 radical (unpaired) electrons. The molecule has 0 amide bonds. The van der Waals surface area contributed by atoms with E-state index >= 15 is 0 Å². The van der Waals surface area contributed by atoms with E-state index in [1.165, 1.54) is 0 Å². The number of hydrogen-bond acceptors (Lipinski definition) is 3. The zero-order valence-electron chi connectivity index (χ0n) is 8.56. The Morgan fingerprint density at radius 3 is 2.86 bits per heavy atom. The maximum Gasteiger partial charge on any atom is 0.155 e. The highest BCUT2D eigenvalue weighted by Crippen LogP contribution is 2.23. The summed E-state index contributed by atoms with van der Waals surface area (Å²) in [7, 11) is 1.94. The van der Waals surface area contributed by atoms with Crippen LogP contribution in [0.5, 0.6) is 0 Å². The average Bonchev–Trinajstić information content (AvgIpc) is 2.73. The molecule has 1 aliphatic heterocycles. The molecule has 2 heterocycles. The maximum atomic E-state index is 7.78. The van der Waals surface area contributed by atoms with Crippen LogP contribution in [-0.2, 0) is 7.05 Å².